The monoisotopic (exact) mass is 450 g/mol. The van der Waals surface area contributed by atoms with Crippen molar-refractivity contribution in [2.45, 2.75) is 20.3 Å². The number of ketones is 1. The van der Waals surface area contributed by atoms with Gasteiger partial charge in [-0.05, 0) is 43.2 Å². The highest BCUT2D eigenvalue weighted by Gasteiger charge is 2.23. The van der Waals surface area contributed by atoms with Gasteiger partial charge in [0.25, 0.3) is 0 Å². The number of hydrogen-bond donors (Lipinski definition) is 0. The Balaban J connectivity index is 2.33. The maximum absolute atomic E-state index is 12.8. The van der Waals surface area contributed by atoms with Gasteiger partial charge in [0.15, 0.2) is 17.3 Å². The number of nitrogens with zero attached hydrogens (tertiary/aromatic N) is 2. The summed E-state index contributed by atoms with van der Waals surface area (Å²) in [6.45, 7) is 7.43. The largest absolute Gasteiger partial charge is 0.493 e. The maximum atomic E-state index is 12.8. The number of carbonyl (C=O) groups is 2. The van der Waals surface area contributed by atoms with Gasteiger partial charge < -0.3 is 14.2 Å². The van der Waals surface area contributed by atoms with E-state index in [0.717, 1.165) is 11.3 Å². The molecule has 0 spiro atoms. The van der Waals surface area contributed by atoms with E-state index >= 15 is 0 Å². The van der Waals surface area contributed by atoms with Gasteiger partial charge in [-0.2, -0.15) is 10.5 Å². The summed E-state index contributed by atoms with van der Waals surface area (Å²) in [4.78, 5) is 25.6. The molecule has 0 bridgehead atoms. The summed E-state index contributed by atoms with van der Waals surface area (Å²) in [6, 6.07) is 8.98. The fraction of sp³-hybridized carbons (Fsp3) is 0.250. The van der Waals surface area contributed by atoms with Gasteiger partial charge in [0.2, 0.25) is 0 Å². The van der Waals surface area contributed by atoms with Crippen molar-refractivity contribution >= 4 is 29.2 Å². The Morgan fingerprint density at radius 1 is 1.25 bits per heavy atom. The van der Waals surface area contributed by atoms with Gasteiger partial charge in [-0.25, -0.2) is 4.79 Å². The fourth-order valence-corrected chi connectivity index (χ4v) is 4.01. The van der Waals surface area contributed by atoms with Gasteiger partial charge >= 0.3 is 5.97 Å². The number of allylic oxidation sites excluding steroid dienone is 1. The minimum absolute atomic E-state index is 0.0839. The van der Waals surface area contributed by atoms with Gasteiger partial charge in [-0.3, -0.25) is 4.79 Å². The topological polar surface area (TPSA) is 109 Å². The lowest BCUT2D eigenvalue weighted by Crippen LogP contribution is -2.05. The van der Waals surface area contributed by atoms with E-state index in [1.807, 2.05) is 12.1 Å². The van der Waals surface area contributed by atoms with E-state index in [1.165, 1.54) is 13.2 Å². The lowest BCUT2D eigenvalue weighted by molar-refractivity contribution is -0.114. The van der Waals surface area contributed by atoms with E-state index in [4.69, 9.17) is 14.2 Å². The normalized spacial score (nSPS) is 10.6. The first-order valence-corrected chi connectivity index (χ1v) is 10.5. The molecule has 0 aliphatic carbocycles. The number of ether oxygens (including phenoxy) is 3. The van der Waals surface area contributed by atoms with Crippen LogP contribution >= 0.6 is 11.3 Å². The Bertz CT molecular complexity index is 1150. The van der Waals surface area contributed by atoms with E-state index < -0.39 is 11.8 Å². The number of carbonyl (C=O) groups excluding carboxylic acids is 2. The Kier molecular flexibility index (Phi) is 8.76. The summed E-state index contributed by atoms with van der Waals surface area (Å²) in [5.74, 6) is -0.0441. The molecule has 0 saturated carbocycles. The second-order valence-corrected chi connectivity index (χ2v) is 7.57. The Morgan fingerprint density at radius 2 is 2.00 bits per heavy atom. The smallest absolute Gasteiger partial charge is 0.348 e. The van der Waals surface area contributed by atoms with Crippen LogP contribution in [0.1, 0.15) is 38.2 Å². The molecule has 164 valence electrons. The van der Waals surface area contributed by atoms with Crippen molar-refractivity contribution in [1.29, 1.82) is 10.5 Å². The number of esters is 1. The molecule has 2 rings (SSSR count). The number of thiophene rings is 1. The van der Waals surface area contributed by atoms with Crippen LogP contribution in [0.4, 0.5) is 0 Å². The SMILES string of the molecule is C=CCOc1ccc(C=C(C#N)C(=O)Cc2sc(C(=O)OCC)c(C)c2C#N)cc1OC. The average molecular weight is 451 g/mol. The quantitative estimate of drug-likeness (QED) is 0.228. The van der Waals surface area contributed by atoms with E-state index in [2.05, 4.69) is 6.58 Å². The molecule has 7 nitrogen and oxygen atoms in total. The molecule has 1 aromatic carbocycles. The van der Waals surface area contributed by atoms with Crippen molar-refractivity contribution in [2.24, 2.45) is 0 Å². The van der Waals surface area contributed by atoms with Crippen molar-refractivity contribution in [3.63, 3.8) is 0 Å². The van der Waals surface area contributed by atoms with Crippen LogP contribution in [0.25, 0.3) is 6.08 Å². The van der Waals surface area contributed by atoms with Crippen molar-refractivity contribution in [3.8, 4) is 23.6 Å². The molecule has 0 aliphatic rings. The number of methoxy groups -OCH3 is 1. The standard InChI is InChI=1S/C24H22N2O5S/c1-5-9-31-20-8-7-16(11-21(20)29-4)10-17(13-25)19(27)12-22-18(14-26)15(3)23(32-22)24(28)30-6-2/h5,7-8,10-11H,1,6,9,12H2,2-4H3. The second kappa shape index (κ2) is 11.5. The van der Waals surface area contributed by atoms with Crippen molar-refractivity contribution in [1.82, 2.24) is 0 Å². The molecule has 0 saturated heterocycles. The number of benzene rings is 1. The van der Waals surface area contributed by atoms with Crippen LogP contribution in [0.15, 0.2) is 36.4 Å². The van der Waals surface area contributed by atoms with Gasteiger partial charge in [0.05, 0.1) is 24.9 Å². The van der Waals surface area contributed by atoms with E-state index in [9.17, 15) is 20.1 Å². The van der Waals surface area contributed by atoms with Gasteiger partial charge in [-0.15, -0.1) is 11.3 Å². The molecule has 8 heteroatoms. The molecular formula is C24H22N2O5S. The molecule has 32 heavy (non-hydrogen) atoms. The third-order valence-corrected chi connectivity index (χ3v) is 5.66. The summed E-state index contributed by atoms with van der Waals surface area (Å²) < 4.78 is 15.8. The number of nitriles is 2. The van der Waals surface area contributed by atoms with Crippen LogP contribution in [0, 0.1) is 29.6 Å². The Labute approximate surface area is 190 Å². The highest BCUT2D eigenvalue weighted by Crippen LogP contribution is 2.31. The Hall–Kier alpha value is -3.88. The first-order chi connectivity index (χ1) is 15.4. The number of rotatable bonds is 10. The molecule has 0 unspecified atom stereocenters. The fourth-order valence-electron chi connectivity index (χ4n) is 2.86. The van der Waals surface area contributed by atoms with Crippen LogP contribution < -0.4 is 9.47 Å². The van der Waals surface area contributed by atoms with Gasteiger partial charge in [0.1, 0.15) is 23.6 Å². The lowest BCUT2D eigenvalue weighted by Gasteiger charge is -2.10. The number of hydrogen-bond acceptors (Lipinski definition) is 8. The third kappa shape index (κ3) is 5.63. The van der Waals surface area contributed by atoms with Crippen LogP contribution in [-0.4, -0.2) is 32.1 Å². The van der Waals surface area contributed by atoms with Crippen molar-refractivity contribution in [3.05, 3.63) is 62.9 Å². The average Bonchev–Trinajstić information content (AvgIpc) is 3.11. The second-order valence-electron chi connectivity index (χ2n) is 6.47. The van der Waals surface area contributed by atoms with Gasteiger partial charge in [0, 0.05) is 11.3 Å². The zero-order valence-corrected chi connectivity index (χ0v) is 18.9. The van der Waals surface area contributed by atoms with E-state index in [-0.39, 0.29) is 29.0 Å². The van der Waals surface area contributed by atoms with E-state index in [1.54, 1.807) is 38.1 Å². The summed E-state index contributed by atoms with van der Waals surface area (Å²) in [6.07, 6.45) is 2.88. The van der Waals surface area contributed by atoms with Crippen molar-refractivity contribution in [2.75, 3.05) is 20.3 Å². The van der Waals surface area contributed by atoms with Crippen LogP contribution in [-0.2, 0) is 16.0 Å². The van der Waals surface area contributed by atoms with Crippen LogP contribution in [0.3, 0.4) is 0 Å². The Morgan fingerprint density at radius 3 is 2.59 bits per heavy atom. The molecule has 1 aromatic heterocycles. The van der Waals surface area contributed by atoms with Crippen LogP contribution in [0.5, 0.6) is 11.5 Å². The summed E-state index contributed by atoms with van der Waals surface area (Å²) >= 11 is 1.04. The molecular weight excluding hydrogens is 428 g/mol. The molecule has 1 heterocycles. The first kappa shape index (κ1) is 24.4. The highest BCUT2D eigenvalue weighted by atomic mass is 32.1. The third-order valence-electron chi connectivity index (χ3n) is 4.39. The lowest BCUT2D eigenvalue weighted by atomic mass is 10.0. The summed E-state index contributed by atoms with van der Waals surface area (Å²) in [5, 5.41) is 19.0. The zero-order valence-electron chi connectivity index (χ0n) is 18.1. The predicted molar refractivity (Wildman–Crippen MR) is 121 cm³/mol. The molecule has 0 atom stereocenters. The summed E-state index contributed by atoms with van der Waals surface area (Å²) in [7, 11) is 1.49. The molecule has 0 amide bonds. The molecule has 0 N–H and O–H groups in total. The highest BCUT2D eigenvalue weighted by molar-refractivity contribution is 7.14. The minimum Gasteiger partial charge on any atom is -0.493 e. The van der Waals surface area contributed by atoms with Gasteiger partial charge in [-0.1, -0.05) is 18.7 Å². The zero-order chi connectivity index (χ0) is 23.7. The maximum Gasteiger partial charge on any atom is 0.348 e. The minimum atomic E-state index is -0.535. The molecule has 2 aromatic rings. The van der Waals surface area contributed by atoms with Crippen LogP contribution in [0.2, 0.25) is 0 Å². The summed E-state index contributed by atoms with van der Waals surface area (Å²) in [5.41, 5.74) is 1.22. The predicted octanol–water partition coefficient (Wildman–Crippen LogP) is 4.40. The molecule has 0 aliphatic heterocycles. The van der Waals surface area contributed by atoms with E-state index in [0.29, 0.717) is 34.1 Å². The first-order valence-electron chi connectivity index (χ1n) is 9.66. The molecule has 0 fully saturated rings. The van der Waals surface area contributed by atoms with Crippen molar-refractivity contribution < 1.29 is 23.8 Å². The molecule has 0 radical (unpaired) electrons. The number of Topliss-reactive ketones (excluding diaryl/α,β-unsaturated/α-hetero) is 1.